The lowest BCUT2D eigenvalue weighted by Gasteiger charge is -2.04. The van der Waals surface area contributed by atoms with E-state index in [-0.39, 0.29) is 0 Å². The number of benzene rings is 1. The Morgan fingerprint density at radius 2 is 2.05 bits per heavy atom. The third-order valence-corrected chi connectivity index (χ3v) is 2.97. The number of allylic oxidation sites excluding steroid dienone is 1. The van der Waals surface area contributed by atoms with Gasteiger partial charge in [0.1, 0.15) is 0 Å². The molecular weight excluding hydrogens is 276 g/mol. The summed E-state index contributed by atoms with van der Waals surface area (Å²) >= 11 is 5.82. The van der Waals surface area contributed by atoms with Gasteiger partial charge in [-0.05, 0) is 35.9 Å². The molecule has 0 saturated heterocycles. The molecule has 0 unspecified atom stereocenters. The highest BCUT2D eigenvalue weighted by atomic mass is 35.5. The Labute approximate surface area is 121 Å². The second kappa shape index (κ2) is 6.09. The van der Waals surface area contributed by atoms with E-state index in [4.69, 9.17) is 11.6 Å². The van der Waals surface area contributed by atoms with Crippen LogP contribution < -0.4 is 0 Å². The lowest BCUT2D eigenvalue weighted by Crippen LogP contribution is -2.11. The first-order valence-corrected chi connectivity index (χ1v) is 6.17. The van der Waals surface area contributed by atoms with E-state index in [2.05, 4.69) is 10.8 Å². The van der Waals surface area contributed by atoms with Crippen molar-refractivity contribution in [1.29, 1.82) is 5.26 Å². The van der Waals surface area contributed by atoms with Gasteiger partial charge in [0.25, 0.3) is 0 Å². The van der Waals surface area contributed by atoms with Gasteiger partial charge in [-0.15, -0.1) is 0 Å². The quantitative estimate of drug-likeness (QED) is 0.789. The van der Waals surface area contributed by atoms with Crippen molar-refractivity contribution in [3.05, 3.63) is 58.9 Å². The van der Waals surface area contributed by atoms with Crippen molar-refractivity contribution in [2.75, 3.05) is 7.11 Å². The second-order valence-corrected chi connectivity index (χ2v) is 4.39. The summed E-state index contributed by atoms with van der Waals surface area (Å²) in [4.78, 5) is 11.6. The summed E-state index contributed by atoms with van der Waals surface area (Å²) in [6, 6.07) is 12.5. The van der Waals surface area contributed by atoms with E-state index in [9.17, 15) is 10.1 Å². The van der Waals surface area contributed by atoms with Gasteiger partial charge in [-0.25, -0.2) is 4.79 Å². The van der Waals surface area contributed by atoms with Crippen LogP contribution in [0.3, 0.4) is 0 Å². The van der Waals surface area contributed by atoms with E-state index >= 15 is 0 Å². The summed E-state index contributed by atoms with van der Waals surface area (Å²) in [5.74, 6) is 0. The maximum Gasteiger partial charge on any atom is 0.418 e. The van der Waals surface area contributed by atoms with Gasteiger partial charge < -0.3 is 4.74 Å². The number of carbonyl (C=O) groups excluding carboxylic acids is 1. The molecule has 0 amide bonds. The first kappa shape index (κ1) is 13.9. The van der Waals surface area contributed by atoms with E-state index in [1.165, 1.54) is 11.7 Å². The second-order valence-electron chi connectivity index (χ2n) is 3.95. The number of rotatable bonds is 2. The van der Waals surface area contributed by atoms with Crippen LogP contribution in [0.1, 0.15) is 11.3 Å². The van der Waals surface area contributed by atoms with E-state index in [0.29, 0.717) is 16.3 Å². The van der Waals surface area contributed by atoms with Crippen molar-refractivity contribution in [1.82, 2.24) is 4.57 Å². The number of methoxy groups -OCH3 is 1. The van der Waals surface area contributed by atoms with Gasteiger partial charge in [0, 0.05) is 11.2 Å². The van der Waals surface area contributed by atoms with Crippen LogP contribution in [-0.4, -0.2) is 17.8 Å². The SMILES string of the molecule is COC(=O)n1cccc1/C=C(\C#N)c1ccc(Cl)cc1. The Balaban J connectivity index is 2.42. The fourth-order valence-electron chi connectivity index (χ4n) is 1.73. The zero-order valence-corrected chi connectivity index (χ0v) is 11.5. The summed E-state index contributed by atoms with van der Waals surface area (Å²) in [6.07, 6.45) is 2.70. The molecule has 1 heterocycles. The molecule has 0 N–H and O–H groups in total. The smallest absolute Gasteiger partial charge is 0.418 e. The average Bonchev–Trinajstić information content (AvgIpc) is 2.93. The van der Waals surface area contributed by atoms with Crippen LogP contribution in [-0.2, 0) is 4.74 Å². The Bertz CT molecular complexity index is 693. The van der Waals surface area contributed by atoms with Gasteiger partial charge in [0.2, 0.25) is 0 Å². The third kappa shape index (κ3) is 2.90. The van der Waals surface area contributed by atoms with E-state index in [1.807, 2.05) is 0 Å². The fraction of sp³-hybridized carbons (Fsp3) is 0.0667. The maximum absolute atomic E-state index is 11.6. The van der Waals surface area contributed by atoms with Gasteiger partial charge in [-0.3, -0.25) is 4.57 Å². The van der Waals surface area contributed by atoms with Crippen LogP contribution in [0.2, 0.25) is 5.02 Å². The molecule has 0 spiro atoms. The molecule has 0 bridgehead atoms. The molecule has 0 aliphatic heterocycles. The topological polar surface area (TPSA) is 55.0 Å². The van der Waals surface area contributed by atoms with Gasteiger partial charge in [0.05, 0.1) is 24.4 Å². The van der Waals surface area contributed by atoms with Crippen molar-refractivity contribution in [2.24, 2.45) is 0 Å². The predicted octanol–water partition coefficient (Wildman–Crippen LogP) is 3.82. The summed E-state index contributed by atoms with van der Waals surface area (Å²) < 4.78 is 5.99. The van der Waals surface area contributed by atoms with Crippen LogP contribution in [0.4, 0.5) is 4.79 Å². The number of hydrogen-bond donors (Lipinski definition) is 0. The summed E-state index contributed by atoms with van der Waals surface area (Å²) in [7, 11) is 1.31. The molecule has 0 radical (unpaired) electrons. The molecule has 1 aromatic carbocycles. The first-order chi connectivity index (χ1) is 9.65. The van der Waals surface area contributed by atoms with Crippen LogP contribution in [0.5, 0.6) is 0 Å². The zero-order chi connectivity index (χ0) is 14.5. The molecule has 0 aliphatic rings. The van der Waals surface area contributed by atoms with Crippen LogP contribution >= 0.6 is 11.6 Å². The van der Waals surface area contributed by atoms with E-state index in [0.717, 1.165) is 5.56 Å². The molecule has 0 saturated carbocycles. The van der Waals surface area contributed by atoms with Gasteiger partial charge in [0.15, 0.2) is 0 Å². The number of nitrogens with zero attached hydrogens (tertiary/aromatic N) is 2. The molecular formula is C15H11ClN2O2. The minimum absolute atomic E-state index is 0.436. The van der Waals surface area contributed by atoms with E-state index < -0.39 is 6.09 Å². The number of nitriles is 1. The highest BCUT2D eigenvalue weighted by molar-refractivity contribution is 6.30. The Kier molecular flexibility index (Phi) is 4.24. The molecule has 1 aromatic heterocycles. The first-order valence-electron chi connectivity index (χ1n) is 5.79. The number of hydrogen-bond acceptors (Lipinski definition) is 3. The van der Waals surface area contributed by atoms with Crippen molar-refractivity contribution in [2.45, 2.75) is 0 Å². The van der Waals surface area contributed by atoms with Crippen molar-refractivity contribution in [3.8, 4) is 6.07 Å². The monoisotopic (exact) mass is 286 g/mol. The van der Waals surface area contributed by atoms with Gasteiger partial charge in [-0.1, -0.05) is 23.7 Å². The summed E-state index contributed by atoms with van der Waals surface area (Å²) in [5.41, 5.74) is 1.74. The Hall–Kier alpha value is -2.51. The number of ether oxygens (including phenoxy) is 1. The molecule has 5 heteroatoms. The Morgan fingerprint density at radius 1 is 1.35 bits per heavy atom. The lowest BCUT2D eigenvalue weighted by atomic mass is 10.1. The fourth-order valence-corrected chi connectivity index (χ4v) is 1.86. The standard InChI is InChI=1S/C15H11ClN2O2/c1-20-15(19)18-8-2-3-14(18)9-12(10-17)11-4-6-13(16)7-5-11/h2-9H,1H3/b12-9+. The summed E-state index contributed by atoms with van der Waals surface area (Å²) in [6.45, 7) is 0. The predicted molar refractivity (Wildman–Crippen MR) is 77.2 cm³/mol. The third-order valence-electron chi connectivity index (χ3n) is 2.72. The van der Waals surface area contributed by atoms with E-state index in [1.54, 1.807) is 48.7 Å². The van der Waals surface area contributed by atoms with Crippen molar-refractivity contribution >= 4 is 29.3 Å². The highest BCUT2D eigenvalue weighted by Gasteiger charge is 2.09. The number of aromatic nitrogens is 1. The maximum atomic E-state index is 11.6. The number of halogens is 1. The van der Waals surface area contributed by atoms with Crippen molar-refractivity contribution < 1.29 is 9.53 Å². The largest absolute Gasteiger partial charge is 0.452 e. The molecule has 100 valence electrons. The average molecular weight is 287 g/mol. The minimum atomic E-state index is -0.505. The van der Waals surface area contributed by atoms with Crippen LogP contribution in [0.25, 0.3) is 11.6 Å². The Morgan fingerprint density at radius 3 is 2.65 bits per heavy atom. The molecule has 20 heavy (non-hydrogen) atoms. The molecule has 4 nitrogen and oxygen atoms in total. The van der Waals surface area contributed by atoms with Gasteiger partial charge in [-0.2, -0.15) is 5.26 Å². The van der Waals surface area contributed by atoms with Crippen LogP contribution in [0.15, 0.2) is 42.6 Å². The minimum Gasteiger partial charge on any atom is -0.452 e. The molecule has 0 fully saturated rings. The summed E-state index contributed by atoms with van der Waals surface area (Å²) in [5, 5.41) is 9.86. The normalized spacial score (nSPS) is 10.9. The molecule has 0 aliphatic carbocycles. The van der Waals surface area contributed by atoms with Crippen LogP contribution in [0, 0.1) is 11.3 Å². The molecule has 2 rings (SSSR count). The lowest BCUT2D eigenvalue weighted by molar-refractivity contribution is 0.173. The number of carbonyl (C=O) groups is 1. The van der Waals surface area contributed by atoms with Gasteiger partial charge >= 0.3 is 6.09 Å². The zero-order valence-electron chi connectivity index (χ0n) is 10.7. The highest BCUT2D eigenvalue weighted by Crippen LogP contribution is 2.20. The van der Waals surface area contributed by atoms with Crippen molar-refractivity contribution in [3.63, 3.8) is 0 Å². The molecule has 0 atom stereocenters. The molecule has 2 aromatic rings.